The van der Waals surface area contributed by atoms with E-state index in [4.69, 9.17) is 9.47 Å². The fourth-order valence-corrected chi connectivity index (χ4v) is 1.56. The number of hydrogen-bond donors (Lipinski definition) is 0. The van der Waals surface area contributed by atoms with Crippen LogP contribution in [-0.4, -0.2) is 24.3 Å². The molecular formula is C12H20O3. The molecule has 1 rings (SSSR count). The predicted octanol–water partition coefficient (Wildman–Crippen LogP) is 2.45. The number of epoxide rings is 1. The van der Waals surface area contributed by atoms with Crippen molar-refractivity contribution in [3.63, 3.8) is 0 Å². The lowest BCUT2D eigenvalue weighted by atomic mass is 10.0. The molecule has 1 aliphatic heterocycles. The van der Waals surface area contributed by atoms with Crippen LogP contribution in [0.25, 0.3) is 0 Å². The van der Waals surface area contributed by atoms with Crippen LogP contribution >= 0.6 is 0 Å². The third kappa shape index (κ3) is 4.04. The first-order valence-electron chi connectivity index (χ1n) is 5.38. The van der Waals surface area contributed by atoms with Gasteiger partial charge in [-0.05, 0) is 33.6 Å². The second kappa shape index (κ2) is 4.79. The van der Waals surface area contributed by atoms with E-state index in [0.717, 1.165) is 12.8 Å². The molecule has 15 heavy (non-hydrogen) atoms. The summed E-state index contributed by atoms with van der Waals surface area (Å²) >= 11 is 0. The van der Waals surface area contributed by atoms with Crippen LogP contribution in [0.3, 0.4) is 0 Å². The van der Waals surface area contributed by atoms with Crippen molar-refractivity contribution in [3.05, 3.63) is 11.6 Å². The number of ether oxygens (including phenoxy) is 2. The topological polar surface area (TPSA) is 38.8 Å². The number of carbonyl (C=O) groups excluding carboxylic acids is 1. The summed E-state index contributed by atoms with van der Waals surface area (Å²) < 4.78 is 10.4. The molecular weight excluding hydrogens is 192 g/mol. The average molecular weight is 212 g/mol. The molecule has 2 unspecified atom stereocenters. The van der Waals surface area contributed by atoms with Crippen molar-refractivity contribution < 1.29 is 14.3 Å². The molecule has 1 heterocycles. The minimum Gasteiger partial charge on any atom is -0.463 e. The third-order valence-corrected chi connectivity index (χ3v) is 2.67. The molecule has 86 valence electrons. The highest BCUT2D eigenvalue weighted by atomic mass is 16.6. The molecule has 0 aromatic carbocycles. The maximum absolute atomic E-state index is 10.6. The third-order valence-electron chi connectivity index (χ3n) is 2.67. The molecule has 1 saturated heterocycles. The minimum atomic E-state index is -0.239. The fourth-order valence-electron chi connectivity index (χ4n) is 1.56. The van der Waals surface area contributed by atoms with Crippen LogP contribution in [0, 0.1) is 0 Å². The van der Waals surface area contributed by atoms with Gasteiger partial charge in [0.25, 0.3) is 0 Å². The molecule has 0 amide bonds. The summed E-state index contributed by atoms with van der Waals surface area (Å²) in [7, 11) is 0. The quantitative estimate of drug-likeness (QED) is 0.399. The molecule has 3 nitrogen and oxygen atoms in total. The van der Waals surface area contributed by atoms with E-state index in [0.29, 0.717) is 6.61 Å². The van der Waals surface area contributed by atoms with E-state index >= 15 is 0 Å². The summed E-state index contributed by atoms with van der Waals surface area (Å²) in [6.07, 6.45) is 4.31. The molecule has 0 aliphatic carbocycles. The van der Waals surface area contributed by atoms with Gasteiger partial charge in [-0.1, -0.05) is 11.6 Å². The monoisotopic (exact) mass is 212 g/mol. The Hall–Kier alpha value is -0.830. The molecule has 0 bridgehead atoms. The van der Waals surface area contributed by atoms with Crippen molar-refractivity contribution in [2.45, 2.75) is 52.2 Å². The first-order valence-corrected chi connectivity index (χ1v) is 5.38. The number of carbonyl (C=O) groups is 1. The lowest BCUT2D eigenvalue weighted by Crippen LogP contribution is -2.15. The van der Waals surface area contributed by atoms with Crippen LogP contribution in [0.5, 0.6) is 0 Å². The van der Waals surface area contributed by atoms with Crippen LogP contribution in [0.4, 0.5) is 0 Å². The molecule has 0 saturated carbocycles. The van der Waals surface area contributed by atoms with Gasteiger partial charge in [-0.3, -0.25) is 4.79 Å². The Kier molecular flexibility index (Phi) is 3.91. The lowest BCUT2D eigenvalue weighted by Gasteiger charge is -2.04. The Bertz CT molecular complexity index is 266. The van der Waals surface area contributed by atoms with E-state index in [1.165, 1.54) is 12.5 Å². The Balaban J connectivity index is 2.21. The highest BCUT2D eigenvalue weighted by molar-refractivity contribution is 5.65. The number of hydrogen-bond acceptors (Lipinski definition) is 3. The molecule has 0 aromatic heterocycles. The predicted molar refractivity (Wildman–Crippen MR) is 58.6 cm³/mol. The van der Waals surface area contributed by atoms with E-state index < -0.39 is 0 Å². The van der Waals surface area contributed by atoms with E-state index in [1.807, 2.05) is 0 Å². The number of rotatable bonds is 5. The van der Waals surface area contributed by atoms with Crippen LogP contribution < -0.4 is 0 Å². The van der Waals surface area contributed by atoms with Crippen LogP contribution in [0.2, 0.25) is 0 Å². The largest absolute Gasteiger partial charge is 0.463 e. The van der Waals surface area contributed by atoms with Gasteiger partial charge >= 0.3 is 5.97 Å². The molecule has 0 radical (unpaired) electrons. The Morgan fingerprint density at radius 1 is 1.47 bits per heavy atom. The zero-order chi connectivity index (χ0) is 11.5. The maximum atomic E-state index is 10.6. The smallest absolute Gasteiger partial charge is 0.302 e. The van der Waals surface area contributed by atoms with E-state index in [1.54, 1.807) is 0 Å². The Labute approximate surface area is 91.4 Å². The van der Waals surface area contributed by atoms with Crippen molar-refractivity contribution in [2.24, 2.45) is 0 Å². The first-order chi connectivity index (χ1) is 6.94. The fraction of sp³-hybridized carbons (Fsp3) is 0.750. The highest BCUT2D eigenvalue weighted by Gasteiger charge is 2.51. The van der Waals surface area contributed by atoms with Gasteiger partial charge in [0, 0.05) is 6.92 Å². The van der Waals surface area contributed by atoms with Gasteiger partial charge in [0.15, 0.2) is 0 Å². The molecule has 2 atom stereocenters. The van der Waals surface area contributed by atoms with Crippen LogP contribution in [0.1, 0.15) is 40.5 Å². The lowest BCUT2D eigenvalue weighted by molar-refractivity contribution is -0.141. The standard InChI is InChI=1S/C12H20O3/c1-9(2)6-5-7-12(4)11(15-12)8-14-10(3)13/h6,11H,5,7-8H2,1-4H3. The Morgan fingerprint density at radius 2 is 2.13 bits per heavy atom. The van der Waals surface area contributed by atoms with Gasteiger partial charge in [-0.2, -0.15) is 0 Å². The summed E-state index contributed by atoms with van der Waals surface area (Å²) in [4.78, 5) is 10.6. The summed E-state index contributed by atoms with van der Waals surface area (Å²) in [6.45, 7) is 8.06. The normalized spacial score (nSPS) is 28.4. The van der Waals surface area contributed by atoms with Crippen molar-refractivity contribution in [1.29, 1.82) is 0 Å². The number of esters is 1. The van der Waals surface area contributed by atoms with Gasteiger partial charge in [0.05, 0.1) is 5.60 Å². The SMILES string of the molecule is CC(=O)OCC1OC1(C)CCC=C(C)C. The van der Waals surface area contributed by atoms with Gasteiger partial charge in [0.2, 0.25) is 0 Å². The van der Waals surface area contributed by atoms with Gasteiger partial charge in [-0.15, -0.1) is 0 Å². The summed E-state index contributed by atoms with van der Waals surface area (Å²) in [5.41, 5.74) is 1.25. The summed E-state index contributed by atoms with van der Waals surface area (Å²) in [6, 6.07) is 0. The van der Waals surface area contributed by atoms with E-state index in [-0.39, 0.29) is 17.7 Å². The zero-order valence-corrected chi connectivity index (χ0v) is 10.0. The molecule has 1 aliphatic rings. The second-order valence-electron chi connectivity index (χ2n) is 4.54. The minimum absolute atomic E-state index is 0.0819. The van der Waals surface area contributed by atoms with Crippen LogP contribution in [0.15, 0.2) is 11.6 Å². The van der Waals surface area contributed by atoms with E-state index in [2.05, 4.69) is 26.8 Å². The van der Waals surface area contributed by atoms with Crippen molar-refractivity contribution in [3.8, 4) is 0 Å². The van der Waals surface area contributed by atoms with Crippen molar-refractivity contribution in [2.75, 3.05) is 6.61 Å². The Morgan fingerprint density at radius 3 is 2.67 bits per heavy atom. The van der Waals surface area contributed by atoms with Crippen molar-refractivity contribution >= 4 is 5.97 Å². The average Bonchev–Trinajstić information content (AvgIpc) is 2.73. The van der Waals surface area contributed by atoms with Gasteiger partial charge < -0.3 is 9.47 Å². The van der Waals surface area contributed by atoms with Gasteiger partial charge in [-0.25, -0.2) is 0 Å². The van der Waals surface area contributed by atoms with E-state index in [9.17, 15) is 4.79 Å². The molecule has 0 N–H and O–H groups in total. The molecule has 0 spiro atoms. The number of allylic oxidation sites excluding steroid dienone is 2. The highest BCUT2D eigenvalue weighted by Crippen LogP contribution is 2.40. The summed E-state index contributed by atoms with van der Waals surface area (Å²) in [5, 5.41) is 0. The van der Waals surface area contributed by atoms with Crippen LogP contribution in [-0.2, 0) is 14.3 Å². The second-order valence-corrected chi connectivity index (χ2v) is 4.54. The molecule has 3 heteroatoms. The maximum Gasteiger partial charge on any atom is 0.302 e. The summed E-state index contributed by atoms with van der Waals surface area (Å²) in [5.74, 6) is -0.239. The first kappa shape index (κ1) is 12.2. The van der Waals surface area contributed by atoms with Crippen molar-refractivity contribution in [1.82, 2.24) is 0 Å². The zero-order valence-electron chi connectivity index (χ0n) is 10.0. The molecule has 1 fully saturated rings. The van der Waals surface area contributed by atoms with Gasteiger partial charge in [0.1, 0.15) is 12.7 Å². The molecule has 0 aromatic rings.